The Morgan fingerprint density at radius 2 is 2.05 bits per heavy atom. The summed E-state index contributed by atoms with van der Waals surface area (Å²) in [6, 6.07) is 4.41. The Morgan fingerprint density at radius 3 is 2.74 bits per heavy atom. The molecule has 0 fully saturated rings. The van der Waals surface area contributed by atoms with E-state index in [0.29, 0.717) is 0 Å². The summed E-state index contributed by atoms with van der Waals surface area (Å²) < 4.78 is 39.2. The van der Waals surface area contributed by atoms with E-state index in [1.165, 1.54) is 12.3 Å². The number of benzene rings is 1. The SMILES string of the molecule is Nc1ccc(F)cc1S(=O)(=O)Nc1nccc(Cl)n1. The van der Waals surface area contributed by atoms with Crippen molar-refractivity contribution in [2.24, 2.45) is 0 Å². The number of halogens is 2. The summed E-state index contributed by atoms with van der Waals surface area (Å²) in [5.41, 5.74) is 5.42. The summed E-state index contributed by atoms with van der Waals surface area (Å²) in [7, 11) is -4.08. The van der Waals surface area contributed by atoms with Gasteiger partial charge in [0.25, 0.3) is 10.0 Å². The van der Waals surface area contributed by atoms with Crippen LogP contribution in [0.25, 0.3) is 0 Å². The molecule has 2 aromatic rings. The van der Waals surface area contributed by atoms with Gasteiger partial charge in [-0.3, -0.25) is 0 Å². The molecule has 0 spiro atoms. The fraction of sp³-hybridized carbons (Fsp3) is 0. The van der Waals surface area contributed by atoms with Crippen molar-refractivity contribution in [2.45, 2.75) is 4.90 Å². The van der Waals surface area contributed by atoms with Crippen LogP contribution in [0.2, 0.25) is 5.15 Å². The van der Waals surface area contributed by atoms with Crippen molar-refractivity contribution in [3.8, 4) is 0 Å². The zero-order chi connectivity index (χ0) is 14.0. The molecule has 0 aliphatic carbocycles. The highest BCUT2D eigenvalue weighted by Gasteiger charge is 2.19. The first-order valence-electron chi connectivity index (χ1n) is 4.95. The number of rotatable bonds is 3. The lowest BCUT2D eigenvalue weighted by Gasteiger charge is -2.08. The van der Waals surface area contributed by atoms with E-state index in [0.717, 1.165) is 18.2 Å². The lowest BCUT2D eigenvalue weighted by atomic mass is 10.3. The van der Waals surface area contributed by atoms with Crippen LogP contribution in [0, 0.1) is 5.82 Å². The first-order chi connectivity index (χ1) is 8.88. The number of aromatic nitrogens is 2. The van der Waals surface area contributed by atoms with E-state index in [-0.39, 0.29) is 16.8 Å². The quantitative estimate of drug-likeness (QED) is 0.663. The molecule has 0 saturated heterocycles. The van der Waals surface area contributed by atoms with Crippen LogP contribution in [0.3, 0.4) is 0 Å². The first-order valence-corrected chi connectivity index (χ1v) is 6.81. The lowest BCUT2D eigenvalue weighted by Crippen LogP contribution is -2.16. The van der Waals surface area contributed by atoms with Crippen LogP contribution < -0.4 is 10.5 Å². The number of hydrogen-bond donors (Lipinski definition) is 2. The zero-order valence-electron chi connectivity index (χ0n) is 9.34. The number of nitrogen functional groups attached to an aromatic ring is 1. The number of sulfonamides is 1. The number of nitrogens with two attached hydrogens (primary N) is 1. The third-order valence-corrected chi connectivity index (χ3v) is 3.71. The van der Waals surface area contributed by atoms with Gasteiger partial charge in [-0.05, 0) is 24.3 Å². The van der Waals surface area contributed by atoms with E-state index in [4.69, 9.17) is 17.3 Å². The summed E-state index contributed by atoms with van der Waals surface area (Å²) in [4.78, 5) is 6.95. The molecule has 3 N–H and O–H groups in total. The molecule has 2 rings (SSSR count). The Labute approximate surface area is 113 Å². The van der Waals surface area contributed by atoms with E-state index in [9.17, 15) is 12.8 Å². The number of anilines is 2. The van der Waals surface area contributed by atoms with Crippen molar-refractivity contribution in [1.82, 2.24) is 9.97 Å². The Hall–Kier alpha value is -1.93. The van der Waals surface area contributed by atoms with E-state index < -0.39 is 20.7 Å². The summed E-state index contributed by atoms with van der Waals surface area (Å²) in [6.07, 6.45) is 1.28. The fourth-order valence-electron chi connectivity index (χ4n) is 1.30. The van der Waals surface area contributed by atoms with Gasteiger partial charge in [0.15, 0.2) is 0 Å². The summed E-state index contributed by atoms with van der Waals surface area (Å²) in [5, 5.41) is 0.0694. The maximum atomic E-state index is 13.1. The van der Waals surface area contributed by atoms with Crippen molar-refractivity contribution >= 4 is 33.3 Å². The summed E-state index contributed by atoms with van der Waals surface area (Å²) in [5.74, 6) is -0.947. The molecule has 9 heteroatoms. The van der Waals surface area contributed by atoms with Crippen LogP contribution in [0.5, 0.6) is 0 Å². The molecule has 1 aromatic carbocycles. The topological polar surface area (TPSA) is 98.0 Å². The van der Waals surface area contributed by atoms with Crippen LogP contribution in [-0.4, -0.2) is 18.4 Å². The van der Waals surface area contributed by atoms with E-state index >= 15 is 0 Å². The molecule has 0 radical (unpaired) electrons. The van der Waals surface area contributed by atoms with Gasteiger partial charge in [-0.25, -0.2) is 27.5 Å². The number of nitrogens with zero attached hydrogens (tertiary/aromatic N) is 2. The number of hydrogen-bond acceptors (Lipinski definition) is 5. The Kier molecular flexibility index (Phi) is 3.54. The largest absolute Gasteiger partial charge is 0.398 e. The minimum absolute atomic E-state index is 0.0694. The summed E-state index contributed by atoms with van der Waals surface area (Å²) in [6.45, 7) is 0. The molecule has 0 atom stereocenters. The second-order valence-electron chi connectivity index (χ2n) is 3.49. The Bertz CT molecular complexity index is 723. The van der Waals surface area contributed by atoms with Crippen LogP contribution in [-0.2, 0) is 10.0 Å². The predicted molar refractivity (Wildman–Crippen MR) is 68.7 cm³/mol. The first kappa shape index (κ1) is 13.5. The maximum Gasteiger partial charge on any atom is 0.266 e. The summed E-state index contributed by atoms with van der Waals surface area (Å²) >= 11 is 5.61. The van der Waals surface area contributed by atoms with E-state index in [1.807, 2.05) is 0 Å². The Balaban J connectivity index is 2.40. The third-order valence-electron chi connectivity index (χ3n) is 2.11. The van der Waals surface area contributed by atoms with E-state index in [1.54, 1.807) is 0 Å². The molecule has 0 aliphatic heterocycles. The van der Waals surface area contributed by atoms with Crippen molar-refractivity contribution in [3.05, 3.63) is 41.4 Å². The smallest absolute Gasteiger partial charge is 0.266 e. The average Bonchev–Trinajstić information content (AvgIpc) is 2.31. The number of nitrogens with one attached hydrogen (secondary N) is 1. The second-order valence-corrected chi connectivity index (χ2v) is 5.53. The molecule has 0 bridgehead atoms. The van der Waals surface area contributed by atoms with Crippen LogP contribution in [0.15, 0.2) is 35.4 Å². The van der Waals surface area contributed by atoms with Crippen LogP contribution in [0.4, 0.5) is 16.0 Å². The molecular weight excluding hydrogens is 295 g/mol. The van der Waals surface area contributed by atoms with Crippen LogP contribution >= 0.6 is 11.6 Å². The van der Waals surface area contributed by atoms with E-state index in [2.05, 4.69) is 14.7 Å². The van der Waals surface area contributed by atoms with Gasteiger partial charge in [0.1, 0.15) is 15.9 Å². The van der Waals surface area contributed by atoms with Gasteiger partial charge in [0.05, 0.1) is 5.69 Å². The molecule has 19 heavy (non-hydrogen) atoms. The highest BCUT2D eigenvalue weighted by atomic mass is 35.5. The van der Waals surface area contributed by atoms with Gasteiger partial charge < -0.3 is 5.73 Å². The molecule has 100 valence electrons. The van der Waals surface area contributed by atoms with Gasteiger partial charge in [0, 0.05) is 6.20 Å². The molecule has 0 saturated carbocycles. The minimum atomic E-state index is -4.08. The highest BCUT2D eigenvalue weighted by molar-refractivity contribution is 7.92. The predicted octanol–water partition coefficient (Wildman–Crippen LogP) is 1.65. The molecule has 0 aliphatic rings. The molecule has 0 unspecified atom stereocenters. The zero-order valence-corrected chi connectivity index (χ0v) is 10.9. The Morgan fingerprint density at radius 1 is 1.32 bits per heavy atom. The standard InChI is InChI=1S/C10H8ClFN4O2S/c11-9-3-4-14-10(15-9)16-19(17,18)8-5-6(12)1-2-7(8)13/h1-5H,13H2,(H,14,15,16). The molecule has 6 nitrogen and oxygen atoms in total. The highest BCUT2D eigenvalue weighted by Crippen LogP contribution is 2.21. The molecule has 1 aromatic heterocycles. The van der Waals surface area contributed by atoms with Gasteiger partial charge in [0.2, 0.25) is 5.95 Å². The minimum Gasteiger partial charge on any atom is -0.398 e. The lowest BCUT2D eigenvalue weighted by molar-refractivity contribution is 0.595. The van der Waals surface area contributed by atoms with Crippen molar-refractivity contribution in [1.29, 1.82) is 0 Å². The van der Waals surface area contributed by atoms with Crippen molar-refractivity contribution in [3.63, 3.8) is 0 Å². The molecule has 0 amide bonds. The normalized spacial score (nSPS) is 11.3. The fourth-order valence-corrected chi connectivity index (χ4v) is 2.53. The molecule has 1 heterocycles. The molecular formula is C10H8ClFN4O2S. The third kappa shape index (κ3) is 3.09. The maximum absolute atomic E-state index is 13.1. The second kappa shape index (κ2) is 4.98. The van der Waals surface area contributed by atoms with Crippen LogP contribution in [0.1, 0.15) is 0 Å². The average molecular weight is 303 g/mol. The van der Waals surface area contributed by atoms with Gasteiger partial charge in [-0.2, -0.15) is 0 Å². The van der Waals surface area contributed by atoms with Gasteiger partial charge in [-0.15, -0.1) is 0 Å². The van der Waals surface area contributed by atoms with Crippen molar-refractivity contribution in [2.75, 3.05) is 10.5 Å². The van der Waals surface area contributed by atoms with Gasteiger partial charge in [-0.1, -0.05) is 11.6 Å². The monoisotopic (exact) mass is 302 g/mol. The van der Waals surface area contributed by atoms with Crippen molar-refractivity contribution < 1.29 is 12.8 Å². The van der Waals surface area contributed by atoms with Gasteiger partial charge >= 0.3 is 0 Å².